The average molecular weight is 275 g/mol. The van der Waals surface area contributed by atoms with Gasteiger partial charge in [0.2, 0.25) is 0 Å². The monoisotopic (exact) mass is 275 g/mol. The summed E-state index contributed by atoms with van der Waals surface area (Å²) in [5.74, 6) is 1.32. The van der Waals surface area contributed by atoms with Crippen molar-refractivity contribution in [1.82, 2.24) is 5.32 Å². The van der Waals surface area contributed by atoms with Gasteiger partial charge in [-0.1, -0.05) is 6.07 Å². The zero-order chi connectivity index (χ0) is 14.1. The van der Waals surface area contributed by atoms with Crippen LogP contribution in [0.25, 0.3) is 0 Å². The Balaban J connectivity index is 1.78. The Kier molecular flexibility index (Phi) is 3.66. The number of nitrogens with one attached hydrogen (secondary N) is 1. The third-order valence-electron chi connectivity index (χ3n) is 4.65. The van der Waals surface area contributed by atoms with Crippen molar-refractivity contribution in [2.24, 2.45) is 11.8 Å². The van der Waals surface area contributed by atoms with Crippen molar-refractivity contribution in [2.45, 2.75) is 25.3 Å². The molecule has 1 aromatic rings. The molecule has 1 fully saturated rings. The maximum Gasteiger partial charge on any atom is 0.309 e. The minimum Gasteiger partial charge on any atom is -0.497 e. The zero-order valence-corrected chi connectivity index (χ0v) is 12.0. The Morgan fingerprint density at radius 3 is 2.85 bits per heavy atom. The van der Waals surface area contributed by atoms with Crippen LogP contribution in [0, 0.1) is 11.8 Å². The molecule has 0 aromatic heterocycles. The van der Waals surface area contributed by atoms with Gasteiger partial charge >= 0.3 is 5.97 Å². The van der Waals surface area contributed by atoms with Gasteiger partial charge < -0.3 is 14.8 Å². The molecular weight excluding hydrogens is 254 g/mol. The minimum atomic E-state index is -0.0904. The Labute approximate surface area is 119 Å². The number of fused-ring (bicyclic) bond motifs is 2. The number of hydrogen-bond acceptors (Lipinski definition) is 4. The third kappa shape index (κ3) is 2.40. The predicted molar refractivity (Wildman–Crippen MR) is 75.8 cm³/mol. The average Bonchev–Trinajstić information content (AvgIpc) is 2.50. The molecule has 1 heterocycles. The summed E-state index contributed by atoms with van der Waals surface area (Å²) in [5, 5.41) is 3.52. The number of rotatable bonds is 2. The summed E-state index contributed by atoms with van der Waals surface area (Å²) in [6, 6.07) is 6.81. The fraction of sp³-hybridized carbons (Fsp3) is 0.562. The maximum atomic E-state index is 11.7. The van der Waals surface area contributed by atoms with Gasteiger partial charge in [0, 0.05) is 12.6 Å². The number of benzene rings is 1. The summed E-state index contributed by atoms with van der Waals surface area (Å²) < 4.78 is 10.2. The van der Waals surface area contributed by atoms with Gasteiger partial charge in [-0.3, -0.25) is 4.79 Å². The SMILES string of the molecule is COC(=O)C1CNC2Cc3ccc(OC)cc3CC2C1. The van der Waals surface area contributed by atoms with Gasteiger partial charge in [0.15, 0.2) is 0 Å². The number of ether oxygens (including phenoxy) is 2. The largest absolute Gasteiger partial charge is 0.497 e. The minimum absolute atomic E-state index is 0.00610. The summed E-state index contributed by atoms with van der Waals surface area (Å²) in [4.78, 5) is 11.7. The standard InChI is InChI=1S/C16H21NO3/c1-19-14-4-3-10-8-15-12(5-11(10)7-14)6-13(9-17-15)16(18)20-2/h3-4,7,12-13,15,17H,5-6,8-9H2,1-2H3. The molecule has 0 bridgehead atoms. The van der Waals surface area contributed by atoms with Crippen molar-refractivity contribution >= 4 is 5.97 Å². The fourth-order valence-corrected chi connectivity index (χ4v) is 3.52. The van der Waals surface area contributed by atoms with Crippen molar-refractivity contribution in [3.8, 4) is 5.75 Å². The van der Waals surface area contributed by atoms with Crippen LogP contribution in [0.3, 0.4) is 0 Å². The summed E-state index contributed by atoms with van der Waals surface area (Å²) in [6.45, 7) is 0.735. The number of methoxy groups -OCH3 is 2. The van der Waals surface area contributed by atoms with E-state index in [4.69, 9.17) is 9.47 Å². The highest BCUT2D eigenvalue weighted by Crippen LogP contribution is 2.34. The maximum absolute atomic E-state index is 11.7. The molecule has 108 valence electrons. The topological polar surface area (TPSA) is 47.6 Å². The number of carbonyl (C=O) groups is 1. The molecule has 3 rings (SSSR count). The zero-order valence-electron chi connectivity index (χ0n) is 12.0. The van der Waals surface area contributed by atoms with E-state index in [9.17, 15) is 4.79 Å². The van der Waals surface area contributed by atoms with Gasteiger partial charge in [-0.05, 0) is 48.4 Å². The van der Waals surface area contributed by atoms with E-state index in [1.807, 2.05) is 6.07 Å². The Morgan fingerprint density at radius 1 is 1.25 bits per heavy atom. The highest BCUT2D eigenvalue weighted by atomic mass is 16.5. The van der Waals surface area contributed by atoms with Crippen molar-refractivity contribution < 1.29 is 14.3 Å². The highest BCUT2D eigenvalue weighted by molar-refractivity contribution is 5.72. The predicted octanol–water partition coefficient (Wildman–Crippen LogP) is 1.56. The number of hydrogen-bond donors (Lipinski definition) is 1. The molecule has 1 N–H and O–H groups in total. The summed E-state index contributed by atoms with van der Waals surface area (Å²) in [6.07, 6.45) is 2.97. The number of esters is 1. The molecule has 4 nitrogen and oxygen atoms in total. The van der Waals surface area contributed by atoms with Crippen LogP contribution in [0.4, 0.5) is 0 Å². The Bertz CT molecular complexity index is 514. The Hall–Kier alpha value is -1.55. The first-order valence-corrected chi connectivity index (χ1v) is 7.18. The molecule has 0 saturated carbocycles. The first kappa shape index (κ1) is 13.4. The second-order valence-corrected chi connectivity index (χ2v) is 5.77. The van der Waals surface area contributed by atoms with Gasteiger partial charge in [0.25, 0.3) is 0 Å². The second-order valence-electron chi connectivity index (χ2n) is 5.77. The van der Waals surface area contributed by atoms with E-state index in [2.05, 4.69) is 17.4 Å². The molecule has 3 atom stereocenters. The van der Waals surface area contributed by atoms with E-state index in [-0.39, 0.29) is 11.9 Å². The van der Waals surface area contributed by atoms with Crippen LogP contribution in [0.2, 0.25) is 0 Å². The first-order valence-electron chi connectivity index (χ1n) is 7.18. The molecule has 1 aliphatic heterocycles. The van der Waals surface area contributed by atoms with Crippen LogP contribution in [0.15, 0.2) is 18.2 Å². The van der Waals surface area contributed by atoms with Crippen LogP contribution in [0.1, 0.15) is 17.5 Å². The van der Waals surface area contributed by atoms with Crippen LogP contribution in [-0.2, 0) is 22.4 Å². The molecule has 2 aliphatic rings. The molecule has 4 heteroatoms. The van der Waals surface area contributed by atoms with Gasteiger partial charge in [-0.25, -0.2) is 0 Å². The number of carbonyl (C=O) groups excluding carboxylic acids is 1. The lowest BCUT2D eigenvalue weighted by molar-refractivity contribution is -0.146. The molecule has 0 amide bonds. The van der Waals surface area contributed by atoms with Crippen molar-refractivity contribution in [1.29, 1.82) is 0 Å². The summed E-state index contributed by atoms with van der Waals surface area (Å²) in [5.41, 5.74) is 2.76. The van der Waals surface area contributed by atoms with Crippen LogP contribution < -0.4 is 10.1 Å². The molecule has 0 spiro atoms. The smallest absolute Gasteiger partial charge is 0.309 e. The number of piperidine rings is 1. The lowest BCUT2D eigenvalue weighted by atomic mass is 9.73. The van der Waals surface area contributed by atoms with E-state index < -0.39 is 0 Å². The van der Waals surface area contributed by atoms with E-state index >= 15 is 0 Å². The van der Waals surface area contributed by atoms with Crippen molar-refractivity contribution in [3.63, 3.8) is 0 Å². The molecule has 3 unspecified atom stereocenters. The fourth-order valence-electron chi connectivity index (χ4n) is 3.52. The molecule has 20 heavy (non-hydrogen) atoms. The third-order valence-corrected chi connectivity index (χ3v) is 4.65. The van der Waals surface area contributed by atoms with Gasteiger partial charge in [-0.15, -0.1) is 0 Å². The summed E-state index contributed by atoms with van der Waals surface area (Å²) >= 11 is 0. The van der Waals surface area contributed by atoms with Gasteiger partial charge in [0.1, 0.15) is 5.75 Å². The second kappa shape index (κ2) is 5.44. The molecule has 1 aliphatic carbocycles. The van der Waals surface area contributed by atoms with E-state index in [1.165, 1.54) is 18.2 Å². The van der Waals surface area contributed by atoms with Crippen molar-refractivity contribution in [2.75, 3.05) is 20.8 Å². The van der Waals surface area contributed by atoms with Crippen molar-refractivity contribution in [3.05, 3.63) is 29.3 Å². The van der Waals surface area contributed by atoms with Crippen LogP contribution in [0.5, 0.6) is 5.75 Å². The summed E-state index contributed by atoms with van der Waals surface area (Å²) in [7, 11) is 3.16. The van der Waals surface area contributed by atoms with Crippen LogP contribution >= 0.6 is 0 Å². The molecule has 1 saturated heterocycles. The molecule has 0 radical (unpaired) electrons. The van der Waals surface area contributed by atoms with Gasteiger partial charge in [0.05, 0.1) is 20.1 Å². The molecular formula is C16H21NO3. The lowest BCUT2D eigenvalue weighted by Gasteiger charge is -2.40. The van der Waals surface area contributed by atoms with E-state index in [1.54, 1.807) is 7.11 Å². The van der Waals surface area contributed by atoms with E-state index in [0.29, 0.717) is 12.0 Å². The highest BCUT2D eigenvalue weighted by Gasteiger charge is 2.37. The van der Waals surface area contributed by atoms with Gasteiger partial charge in [-0.2, -0.15) is 0 Å². The normalized spacial score (nSPS) is 28.2. The van der Waals surface area contributed by atoms with Crippen LogP contribution in [-0.4, -0.2) is 32.8 Å². The lowest BCUT2D eigenvalue weighted by Crippen LogP contribution is -2.51. The van der Waals surface area contributed by atoms with E-state index in [0.717, 1.165) is 31.6 Å². The quantitative estimate of drug-likeness (QED) is 0.832. The Morgan fingerprint density at radius 2 is 2.10 bits per heavy atom. The first-order chi connectivity index (χ1) is 9.71. The molecule has 1 aromatic carbocycles.